The molecule has 1 saturated carbocycles. The van der Waals surface area contributed by atoms with Gasteiger partial charge >= 0.3 is 0 Å². The van der Waals surface area contributed by atoms with Crippen molar-refractivity contribution in [1.82, 2.24) is 19.7 Å². The summed E-state index contributed by atoms with van der Waals surface area (Å²) in [7, 11) is -1.99. The molecule has 1 N–H and O–H groups in total. The van der Waals surface area contributed by atoms with Gasteiger partial charge in [-0.15, -0.1) is 5.10 Å². The smallest absolute Gasteiger partial charge is 0.235 e. The van der Waals surface area contributed by atoms with Gasteiger partial charge in [0, 0.05) is 13.1 Å². The van der Waals surface area contributed by atoms with Gasteiger partial charge in [-0.25, -0.2) is 17.8 Å². The molecular formula is C8H13BrN4O2S. The van der Waals surface area contributed by atoms with Gasteiger partial charge in [-0.1, -0.05) is 5.21 Å². The molecule has 0 spiro atoms. The predicted molar refractivity (Wildman–Crippen MR) is 61.2 cm³/mol. The molecule has 1 aromatic heterocycles. The quantitative estimate of drug-likeness (QED) is 0.886. The number of nitrogens with one attached hydrogen (secondary N) is 1. The van der Waals surface area contributed by atoms with E-state index in [-0.39, 0.29) is 15.7 Å². The molecule has 0 aliphatic heterocycles. The number of rotatable bonds is 4. The minimum absolute atomic E-state index is 0.0354. The van der Waals surface area contributed by atoms with Crippen molar-refractivity contribution in [1.29, 1.82) is 0 Å². The van der Waals surface area contributed by atoms with Crippen molar-refractivity contribution in [3.63, 3.8) is 0 Å². The SMILES string of the molecule is CC(NS(=O)(=O)c1c(Br)nnn1C)C1CC1. The average Bonchev–Trinajstić information content (AvgIpc) is 2.92. The standard InChI is InChI=1S/C8H13BrN4O2S/c1-5(6-3-4-6)11-16(14,15)8-7(9)10-12-13(8)2/h5-6,11H,3-4H2,1-2H3. The topological polar surface area (TPSA) is 76.9 Å². The number of hydrogen-bond acceptors (Lipinski definition) is 4. The molecule has 0 saturated heterocycles. The van der Waals surface area contributed by atoms with E-state index >= 15 is 0 Å². The highest BCUT2D eigenvalue weighted by molar-refractivity contribution is 9.10. The summed E-state index contributed by atoms with van der Waals surface area (Å²) in [6.45, 7) is 1.88. The first-order chi connectivity index (χ1) is 7.42. The number of aromatic nitrogens is 3. The van der Waals surface area contributed by atoms with E-state index in [0.29, 0.717) is 5.92 Å². The molecule has 1 fully saturated rings. The Morgan fingerprint density at radius 2 is 2.19 bits per heavy atom. The third-order valence-corrected chi connectivity index (χ3v) is 5.11. The summed E-state index contributed by atoms with van der Waals surface area (Å²) in [5, 5.41) is 7.38. The van der Waals surface area contributed by atoms with Crippen molar-refractivity contribution in [2.24, 2.45) is 13.0 Å². The molecular weight excluding hydrogens is 296 g/mol. The minimum Gasteiger partial charge on any atom is -0.235 e. The molecule has 2 rings (SSSR count). The van der Waals surface area contributed by atoms with Crippen LogP contribution in [0.15, 0.2) is 9.63 Å². The fourth-order valence-electron chi connectivity index (χ4n) is 1.60. The Hall–Kier alpha value is -0.470. The van der Waals surface area contributed by atoms with Gasteiger partial charge in [0.2, 0.25) is 5.03 Å². The molecule has 16 heavy (non-hydrogen) atoms. The molecule has 1 unspecified atom stereocenters. The van der Waals surface area contributed by atoms with E-state index in [9.17, 15) is 8.42 Å². The number of nitrogens with zero attached hydrogens (tertiary/aromatic N) is 3. The first kappa shape index (κ1) is 12.0. The summed E-state index contributed by atoms with van der Waals surface area (Å²) in [6, 6.07) is -0.0354. The summed E-state index contributed by atoms with van der Waals surface area (Å²) in [6.07, 6.45) is 2.18. The van der Waals surface area contributed by atoms with Crippen LogP contribution in [0.2, 0.25) is 0 Å². The van der Waals surface area contributed by atoms with Crippen molar-refractivity contribution in [2.75, 3.05) is 0 Å². The number of hydrogen-bond donors (Lipinski definition) is 1. The van der Waals surface area contributed by atoms with Crippen LogP contribution in [-0.4, -0.2) is 29.5 Å². The van der Waals surface area contributed by atoms with E-state index in [1.54, 1.807) is 7.05 Å². The van der Waals surface area contributed by atoms with Crippen LogP contribution in [0.4, 0.5) is 0 Å². The molecule has 0 bridgehead atoms. The van der Waals surface area contributed by atoms with Crippen molar-refractivity contribution >= 4 is 26.0 Å². The Balaban J connectivity index is 2.24. The Morgan fingerprint density at radius 3 is 2.62 bits per heavy atom. The van der Waals surface area contributed by atoms with Crippen molar-refractivity contribution in [3.8, 4) is 0 Å². The Bertz CT molecular complexity index is 475. The fourth-order valence-corrected chi connectivity index (χ4v) is 4.01. The van der Waals surface area contributed by atoms with Gasteiger partial charge in [0.05, 0.1) is 0 Å². The maximum absolute atomic E-state index is 12.0. The van der Waals surface area contributed by atoms with Gasteiger partial charge in [-0.05, 0) is 41.6 Å². The molecule has 1 atom stereocenters. The zero-order valence-electron chi connectivity index (χ0n) is 9.01. The zero-order chi connectivity index (χ0) is 11.9. The van der Waals surface area contributed by atoms with Crippen LogP contribution >= 0.6 is 15.9 Å². The number of aryl methyl sites for hydroxylation is 1. The van der Waals surface area contributed by atoms with Crippen LogP contribution in [0.25, 0.3) is 0 Å². The first-order valence-corrected chi connectivity index (χ1v) is 7.27. The van der Waals surface area contributed by atoms with Crippen LogP contribution in [0.5, 0.6) is 0 Å². The Labute approximate surface area is 103 Å². The van der Waals surface area contributed by atoms with E-state index in [1.165, 1.54) is 4.68 Å². The Kier molecular flexibility index (Phi) is 3.06. The van der Waals surface area contributed by atoms with E-state index in [2.05, 4.69) is 31.0 Å². The summed E-state index contributed by atoms with van der Waals surface area (Å²) in [5.74, 6) is 0.467. The minimum atomic E-state index is -3.54. The third kappa shape index (κ3) is 2.28. The molecule has 1 heterocycles. The second-order valence-corrected chi connectivity index (χ2v) is 6.44. The van der Waals surface area contributed by atoms with Gasteiger partial charge in [0.15, 0.2) is 4.60 Å². The van der Waals surface area contributed by atoms with Gasteiger partial charge in [0.1, 0.15) is 0 Å². The summed E-state index contributed by atoms with van der Waals surface area (Å²) in [5.41, 5.74) is 0. The molecule has 1 aliphatic carbocycles. The molecule has 1 aromatic rings. The molecule has 90 valence electrons. The van der Waals surface area contributed by atoms with Crippen LogP contribution < -0.4 is 4.72 Å². The van der Waals surface area contributed by atoms with E-state index in [1.807, 2.05) is 6.92 Å². The maximum atomic E-state index is 12.0. The number of halogens is 1. The van der Waals surface area contributed by atoms with Crippen LogP contribution in [-0.2, 0) is 17.1 Å². The first-order valence-electron chi connectivity index (χ1n) is 4.99. The summed E-state index contributed by atoms with van der Waals surface area (Å²) in [4.78, 5) is 0. The van der Waals surface area contributed by atoms with Crippen LogP contribution in [0.1, 0.15) is 19.8 Å². The normalized spacial score (nSPS) is 18.7. The molecule has 0 radical (unpaired) electrons. The lowest BCUT2D eigenvalue weighted by Crippen LogP contribution is -2.35. The predicted octanol–water partition coefficient (Wildman–Crippen LogP) is 0.654. The monoisotopic (exact) mass is 308 g/mol. The van der Waals surface area contributed by atoms with Crippen LogP contribution in [0, 0.1) is 5.92 Å². The highest BCUT2D eigenvalue weighted by Gasteiger charge is 2.33. The molecule has 6 nitrogen and oxygen atoms in total. The van der Waals surface area contributed by atoms with E-state index < -0.39 is 10.0 Å². The highest BCUT2D eigenvalue weighted by atomic mass is 79.9. The van der Waals surface area contributed by atoms with E-state index in [0.717, 1.165) is 12.8 Å². The fraction of sp³-hybridized carbons (Fsp3) is 0.750. The van der Waals surface area contributed by atoms with Crippen molar-refractivity contribution in [3.05, 3.63) is 4.60 Å². The lowest BCUT2D eigenvalue weighted by atomic mass is 10.2. The molecule has 1 aliphatic rings. The maximum Gasteiger partial charge on any atom is 0.260 e. The molecule has 8 heteroatoms. The lowest BCUT2D eigenvalue weighted by molar-refractivity contribution is 0.525. The van der Waals surface area contributed by atoms with E-state index in [4.69, 9.17) is 0 Å². The van der Waals surface area contributed by atoms with Gasteiger partial charge in [0.25, 0.3) is 10.0 Å². The average molecular weight is 309 g/mol. The Morgan fingerprint density at radius 1 is 1.56 bits per heavy atom. The molecule has 0 amide bonds. The van der Waals surface area contributed by atoms with Gasteiger partial charge in [-0.2, -0.15) is 0 Å². The second-order valence-electron chi connectivity index (χ2n) is 4.06. The van der Waals surface area contributed by atoms with Gasteiger partial charge < -0.3 is 0 Å². The zero-order valence-corrected chi connectivity index (χ0v) is 11.4. The highest BCUT2D eigenvalue weighted by Crippen LogP contribution is 2.33. The summed E-state index contributed by atoms with van der Waals surface area (Å²) >= 11 is 3.08. The second kappa shape index (κ2) is 4.08. The van der Waals surface area contributed by atoms with Crippen molar-refractivity contribution in [2.45, 2.75) is 30.8 Å². The third-order valence-electron chi connectivity index (χ3n) is 2.66. The van der Waals surface area contributed by atoms with Gasteiger partial charge in [-0.3, -0.25) is 0 Å². The lowest BCUT2D eigenvalue weighted by Gasteiger charge is -2.12. The largest absolute Gasteiger partial charge is 0.260 e. The number of sulfonamides is 1. The van der Waals surface area contributed by atoms with Crippen LogP contribution in [0.3, 0.4) is 0 Å². The summed E-state index contributed by atoms with van der Waals surface area (Å²) < 4.78 is 28.2. The van der Waals surface area contributed by atoms with Crippen molar-refractivity contribution < 1.29 is 8.42 Å². The molecule has 0 aromatic carbocycles.